The van der Waals surface area contributed by atoms with Crippen LogP contribution in [0.4, 0.5) is 5.69 Å². The zero-order valence-electron chi connectivity index (χ0n) is 16.4. The number of nitriles is 1. The number of H-pyrrole nitrogens is 1. The maximum atomic E-state index is 11.7. The van der Waals surface area contributed by atoms with E-state index in [1.165, 1.54) is 17.7 Å². The van der Waals surface area contributed by atoms with Gasteiger partial charge in [-0.15, -0.1) is 0 Å². The smallest absolute Gasteiger partial charge is 0.272 e. The molecule has 3 heterocycles. The number of nitrogens with zero attached hydrogens (tertiary/aromatic N) is 3. The molecule has 0 bridgehead atoms. The maximum Gasteiger partial charge on any atom is 0.272 e. The van der Waals surface area contributed by atoms with Crippen LogP contribution in [0.1, 0.15) is 30.5 Å². The molecule has 0 unspecified atom stereocenters. The van der Waals surface area contributed by atoms with Crippen LogP contribution in [0.25, 0.3) is 11.1 Å². The van der Waals surface area contributed by atoms with E-state index in [0.29, 0.717) is 5.52 Å². The Morgan fingerprint density at radius 3 is 2.55 bits per heavy atom. The predicted molar refractivity (Wildman–Crippen MR) is 116 cm³/mol. The van der Waals surface area contributed by atoms with E-state index in [9.17, 15) is 4.79 Å². The van der Waals surface area contributed by atoms with Crippen LogP contribution >= 0.6 is 0 Å². The average molecular weight is 387 g/mol. The molecule has 1 aliphatic heterocycles. The van der Waals surface area contributed by atoms with Crippen LogP contribution in [0.15, 0.2) is 59.7 Å². The van der Waals surface area contributed by atoms with Crippen molar-refractivity contribution >= 4 is 16.8 Å². The van der Waals surface area contributed by atoms with Crippen LogP contribution in [0.2, 0.25) is 0 Å². The monoisotopic (exact) mass is 387 g/mol. The van der Waals surface area contributed by atoms with Gasteiger partial charge in [0, 0.05) is 44.3 Å². The van der Waals surface area contributed by atoms with E-state index in [0.717, 1.165) is 50.3 Å². The third-order valence-corrected chi connectivity index (χ3v) is 5.39. The van der Waals surface area contributed by atoms with Gasteiger partial charge in [-0.1, -0.05) is 6.08 Å². The lowest BCUT2D eigenvalue weighted by atomic mass is 10.2. The van der Waals surface area contributed by atoms with E-state index >= 15 is 0 Å². The fraction of sp³-hybridized carbons (Fsp3) is 0.304. The average Bonchev–Trinajstić information content (AvgIpc) is 3.47. The fourth-order valence-electron chi connectivity index (χ4n) is 3.80. The van der Waals surface area contributed by atoms with Crippen LogP contribution in [0.3, 0.4) is 0 Å². The van der Waals surface area contributed by atoms with Crippen LogP contribution in [-0.2, 0) is 0 Å². The van der Waals surface area contributed by atoms with Crippen molar-refractivity contribution in [1.82, 2.24) is 14.7 Å². The number of aromatic nitrogens is 2. The highest BCUT2D eigenvalue weighted by atomic mass is 16.1. The summed E-state index contributed by atoms with van der Waals surface area (Å²) in [6.45, 7) is 4.18. The van der Waals surface area contributed by atoms with Crippen molar-refractivity contribution in [2.24, 2.45) is 0 Å². The molecule has 6 nitrogen and oxygen atoms in total. The first-order valence-electron chi connectivity index (χ1n) is 10.1. The SMILES string of the molecule is N#Cc1ccc(N2CCNCC2)cc1.O=c1[nH]c(C2=CCCC2)cn2cccc12. The lowest BCUT2D eigenvalue weighted by molar-refractivity contribution is 0.589. The number of hydrogen-bond donors (Lipinski definition) is 2. The van der Waals surface area contributed by atoms with Crippen molar-refractivity contribution in [2.75, 3.05) is 31.1 Å². The van der Waals surface area contributed by atoms with Crippen LogP contribution in [0, 0.1) is 11.3 Å². The Hall–Kier alpha value is -3.30. The number of fused-ring (bicyclic) bond motifs is 1. The summed E-state index contributed by atoms with van der Waals surface area (Å²) in [5.41, 5.74) is 4.86. The normalized spacial score (nSPS) is 16.1. The molecular weight excluding hydrogens is 362 g/mol. The van der Waals surface area contributed by atoms with Gasteiger partial charge in [-0.05, 0) is 61.2 Å². The standard InChI is InChI=1S/C12H12N2O.C11H13N3/c15-12-11-6-3-7-14(11)8-10(13-12)9-4-1-2-5-9;12-9-10-1-3-11(4-2-10)14-7-5-13-6-8-14/h3-4,6-8H,1-2,5H2,(H,13,15);1-4,13H,5-8H2. The summed E-state index contributed by atoms with van der Waals surface area (Å²) >= 11 is 0. The summed E-state index contributed by atoms with van der Waals surface area (Å²) in [6, 6.07) is 13.6. The van der Waals surface area contributed by atoms with E-state index in [2.05, 4.69) is 27.3 Å². The number of aromatic amines is 1. The maximum absolute atomic E-state index is 11.7. The molecule has 6 heteroatoms. The first kappa shape index (κ1) is 19.0. The second-order valence-corrected chi connectivity index (χ2v) is 7.31. The van der Waals surface area contributed by atoms with Gasteiger partial charge in [0.05, 0.1) is 17.3 Å². The molecule has 1 aromatic carbocycles. The molecule has 2 aliphatic rings. The second-order valence-electron chi connectivity index (χ2n) is 7.31. The molecule has 5 rings (SSSR count). The molecule has 2 aromatic heterocycles. The topological polar surface area (TPSA) is 76.3 Å². The summed E-state index contributed by atoms with van der Waals surface area (Å²) < 4.78 is 1.88. The van der Waals surface area contributed by atoms with Crippen molar-refractivity contribution in [2.45, 2.75) is 19.3 Å². The lowest BCUT2D eigenvalue weighted by Crippen LogP contribution is -2.43. The number of benzene rings is 1. The van der Waals surface area contributed by atoms with Crippen molar-refractivity contribution in [3.8, 4) is 6.07 Å². The Morgan fingerprint density at radius 1 is 1.07 bits per heavy atom. The highest BCUT2D eigenvalue weighted by Gasteiger charge is 2.10. The van der Waals surface area contributed by atoms with Gasteiger partial charge < -0.3 is 19.6 Å². The van der Waals surface area contributed by atoms with E-state index in [1.54, 1.807) is 0 Å². The summed E-state index contributed by atoms with van der Waals surface area (Å²) in [5.74, 6) is 0. The molecule has 1 saturated heterocycles. The van der Waals surface area contributed by atoms with Gasteiger partial charge in [0.25, 0.3) is 5.56 Å². The Kier molecular flexibility index (Phi) is 5.78. The van der Waals surface area contributed by atoms with E-state index < -0.39 is 0 Å². The molecule has 0 radical (unpaired) electrons. The first-order valence-corrected chi connectivity index (χ1v) is 10.1. The number of nitrogens with one attached hydrogen (secondary N) is 2. The van der Waals surface area contributed by atoms with Crippen molar-refractivity contribution in [3.05, 3.63) is 76.5 Å². The minimum atomic E-state index is -0.00898. The van der Waals surface area contributed by atoms with Crippen molar-refractivity contribution in [1.29, 1.82) is 5.26 Å². The Labute approximate surface area is 170 Å². The first-order chi connectivity index (χ1) is 14.2. The molecular formula is C23H25N5O. The number of allylic oxidation sites excluding steroid dienone is 2. The number of rotatable bonds is 2. The van der Waals surface area contributed by atoms with Gasteiger partial charge in [-0.3, -0.25) is 4.79 Å². The van der Waals surface area contributed by atoms with E-state index in [4.69, 9.17) is 5.26 Å². The molecule has 0 spiro atoms. The molecule has 3 aromatic rings. The van der Waals surface area contributed by atoms with Gasteiger partial charge in [0.15, 0.2) is 0 Å². The fourth-order valence-corrected chi connectivity index (χ4v) is 3.80. The molecule has 0 atom stereocenters. The molecule has 148 valence electrons. The van der Waals surface area contributed by atoms with E-state index in [-0.39, 0.29) is 5.56 Å². The zero-order chi connectivity index (χ0) is 20.1. The Bertz CT molecular complexity index is 1090. The minimum absolute atomic E-state index is 0.00898. The quantitative estimate of drug-likeness (QED) is 0.708. The zero-order valence-corrected chi connectivity index (χ0v) is 16.4. The van der Waals surface area contributed by atoms with E-state index in [1.807, 2.05) is 53.2 Å². The number of piperazine rings is 1. The predicted octanol–water partition coefficient (Wildman–Crippen LogP) is 3.16. The highest BCUT2D eigenvalue weighted by Crippen LogP contribution is 2.25. The van der Waals surface area contributed by atoms with Crippen LogP contribution in [-0.4, -0.2) is 35.6 Å². The summed E-state index contributed by atoms with van der Waals surface area (Å²) in [4.78, 5) is 17.0. The largest absolute Gasteiger partial charge is 0.369 e. The molecule has 1 aliphatic carbocycles. The van der Waals surface area contributed by atoms with Crippen molar-refractivity contribution < 1.29 is 0 Å². The molecule has 0 saturated carbocycles. The molecule has 2 N–H and O–H groups in total. The van der Waals surface area contributed by atoms with Crippen LogP contribution < -0.4 is 15.8 Å². The second kappa shape index (κ2) is 8.80. The Morgan fingerprint density at radius 2 is 1.86 bits per heavy atom. The van der Waals surface area contributed by atoms with Crippen molar-refractivity contribution in [3.63, 3.8) is 0 Å². The van der Waals surface area contributed by atoms with Gasteiger partial charge in [0.1, 0.15) is 5.52 Å². The highest BCUT2D eigenvalue weighted by molar-refractivity contribution is 5.64. The summed E-state index contributed by atoms with van der Waals surface area (Å²) in [6.07, 6.45) is 9.50. The molecule has 0 amide bonds. The number of hydrogen-bond acceptors (Lipinski definition) is 4. The van der Waals surface area contributed by atoms with Gasteiger partial charge >= 0.3 is 0 Å². The third kappa shape index (κ3) is 4.41. The summed E-state index contributed by atoms with van der Waals surface area (Å²) in [7, 11) is 0. The molecule has 29 heavy (non-hydrogen) atoms. The third-order valence-electron chi connectivity index (χ3n) is 5.39. The lowest BCUT2D eigenvalue weighted by Gasteiger charge is -2.29. The summed E-state index contributed by atoms with van der Waals surface area (Å²) in [5, 5.41) is 12.0. The number of anilines is 1. The molecule has 1 fully saturated rings. The van der Waals surface area contributed by atoms with Gasteiger partial charge in [0.2, 0.25) is 0 Å². The van der Waals surface area contributed by atoms with Gasteiger partial charge in [-0.2, -0.15) is 5.26 Å². The Balaban J connectivity index is 0.000000142. The minimum Gasteiger partial charge on any atom is -0.369 e. The van der Waals surface area contributed by atoms with Crippen LogP contribution in [0.5, 0.6) is 0 Å². The van der Waals surface area contributed by atoms with Gasteiger partial charge in [-0.25, -0.2) is 0 Å².